The van der Waals surface area contributed by atoms with Crippen molar-refractivity contribution in [2.75, 3.05) is 25.0 Å². The number of rotatable bonds is 5. The summed E-state index contributed by atoms with van der Waals surface area (Å²) in [5.41, 5.74) is 2.10. The number of carbonyl (C=O) groups excluding carboxylic acids is 2. The quantitative estimate of drug-likeness (QED) is 0.515. The standard InChI is InChI=1S/C25H27N5O4/c1-25(2,3)34-24(32)30(16-31)23-6-5-18(14-28-23)33-22-7-10-26-21-15-27-20(13-19(21)22)17-8-11-29(4)12-9-17/h5-8,10,13-16H,9,11-12H2,1-4H3. The van der Waals surface area contributed by atoms with E-state index in [9.17, 15) is 9.59 Å². The molecule has 0 aliphatic carbocycles. The number of hydrogen-bond donors (Lipinski definition) is 0. The van der Waals surface area contributed by atoms with Crippen molar-refractivity contribution >= 4 is 34.8 Å². The summed E-state index contributed by atoms with van der Waals surface area (Å²) in [4.78, 5) is 40.0. The SMILES string of the molecule is CN1CC=C(c2cc3c(Oc4ccc(N(C=O)C(=O)OC(C)(C)C)nc4)ccnc3cn2)CC1. The van der Waals surface area contributed by atoms with Gasteiger partial charge in [-0.25, -0.2) is 14.7 Å². The molecular weight excluding hydrogens is 434 g/mol. The van der Waals surface area contributed by atoms with Crippen molar-refractivity contribution in [3.05, 3.63) is 54.6 Å². The smallest absolute Gasteiger partial charge is 0.422 e. The lowest BCUT2D eigenvalue weighted by atomic mass is 10.0. The first-order valence-electron chi connectivity index (χ1n) is 11.0. The molecule has 1 aliphatic rings. The predicted octanol–water partition coefficient (Wildman–Crippen LogP) is 4.43. The lowest BCUT2D eigenvalue weighted by molar-refractivity contribution is -0.107. The van der Waals surface area contributed by atoms with E-state index in [1.807, 2.05) is 6.07 Å². The van der Waals surface area contributed by atoms with Gasteiger partial charge >= 0.3 is 6.09 Å². The fourth-order valence-electron chi connectivity index (χ4n) is 3.50. The van der Waals surface area contributed by atoms with E-state index in [0.29, 0.717) is 17.9 Å². The first-order chi connectivity index (χ1) is 16.2. The lowest BCUT2D eigenvalue weighted by Gasteiger charge is -2.23. The van der Waals surface area contributed by atoms with Crippen molar-refractivity contribution in [1.29, 1.82) is 0 Å². The fourth-order valence-corrected chi connectivity index (χ4v) is 3.50. The van der Waals surface area contributed by atoms with Gasteiger partial charge in [0.05, 0.1) is 23.6 Å². The number of fused-ring (bicyclic) bond motifs is 1. The fraction of sp³-hybridized carbons (Fsp3) is 0.320. The number of pyridine rings is 3. The van der Waals surface area contributed by atoms with E-state index in [1.165, 1.54) is 17.8 Å². The summed E-state index contributed by atoms with van der Waals surface area (Å²) in [5.74, 6) is 1.19. The van der Waals surface area contributed by atoms with Crippen LogP contribution in [0.5, 0.6) is 11.5 Å². The van der Waals surface area contributed by atoms with E-state index in [-0.39, 0.29) is 5.82 Å². The van der Waals surface area contributed by atoms with Gasteiger partial charge in [0.2, 0.25) is 6.41 Å². The van der Waals surface area contributed by atoms with Gasteiger partial charge in [-0.3, -0.25) is 14.8 Å². The minimum atomic E-state index is -0.799. The van der Waals surface area contributed by atoms with Gasteiger partial charge in [0, 0.05) is 24.7 Å². The maximum absolute atomic E-state index is 12.3. The molecule has 0 aromatic carbocycles. The number of anilines is 1. The Morgan fingerprint density at radius 1 is 1.15 bits per heavy atom. The van der Waals surface area contributed by atoms with Crippen molar-refractivity contribution in [3.8, 4) is 11.5 Å². The molecule has 0 unspecified atom stereocenters. The Balaban J connectivity index is 1.57. The van der Waals surface area contributed by atoms with Crippen LogP contribution in [-0.2, 0) is 9.53 Å². The monoisotopic (exact) mass is 461 g/mol. The number of amides is 2. The molecule has 4 heterocycles. The Bertz CT molecular complexity index is 1230. The van der Waals surface area contributed by atoms with Crippen molar-refractivity contribution in [3.63, 3.8) is 0 Å². The molecule has 0 saturated heterocycles. The van der Waals surface area contributed by atoms with Crippen LogP contribution in [0.3, 0.4) is 0 Å². The topological polar surface area (TPSA) is 97.8 Å². The maximum atomic E-state index is 12.3. The first kappa shape index (κ1) is 23.3. The molecule has 0 bridgehead atoms. The third kappa shape index (κ3) is 5.37. The Labute approximate surface area is 198 Å². The lowest BCUT2D eigenvalue weighted by Crippen LogP contribution is -2.36. The van der Waals surface area contributed by atoms with Crippen LogP contribution < -0.4 is 9.64 Å². The van der Waals surface area contributed by atoms with Gasteiger partial charge in [0.15, 0.2) is 0 Å². The Hall–Kier alpha value is -3.85. The third-order valence-corrected chi connectivity index (χ3v) is 5.22. The number of hydrogen-bond acceptors (Lipinski definition) is 8. The number of nitrogens with zero attached hydrogens (tertiary/aromatic N) is 5. The Morgan fingerprint density at radius 2 is 1.97 bits per heavy atom. The van der Waals surface area contributed by atoms with Crippen LogP contribution in [0.25, 0.3) is 16.5 Å². The highest BCUT2D eigenvalue weighted by Gasteiger charge is 2.24. The molecule has 34 heavy (non-hydrogen) atoms. The second-order valence-electron chi connectivity index (χ2n) is 9.05. The summed E-state index contributed by atoms with van der Waals surface area (Å²) in [6, 6.07) is 6.93. The zero-order valence-corrected chi connectivity index (χ0v) is 19.7. The highest BCUT2D eigenvalue weighted by molar-refractivity contribution is 6.02. The van der Waals surface area contributed by atoms with Gasteiger partial charge in [-0.2, -0.15) is 0 Å². The molecule has 1 aliphatic heterocycles. The average molecular weight is 462 g/mol. The molecule has 176 valence electrons. The molecule has 2 amide bonds. The highest BCUT2D eigenvalue weighted by atomic mass is 16.6. The normalized spacial score (nSPS) is 14.4. The molecule has 4 rings (SSSR count). The van der Waals surface area contributed by atoms with E-state index in [0.717, 1.165) is 41.0 Å². The third-order valence-electron chi connectivity index (χ3n) is 5.22. The second-order valence-corrected chi connectivity index (χ2v) is 9.05. The molecule has 0 atom stereocenters. The van der Waals surface area contributed by atoms with Gasteiger partial charge in [-0.15, -0.1) is 0 Å². The largest absolute Gasteiger partial charge is 0.455 e. The molecule has 3 aromatic rings. The van der Waals surface area contributed by atoms with Crippen LogP contribution in [0.1, 0.15) is 32.9 Å². The summed E-state index contributed by atoms with van der Waals surface area (Å²) >= 11 is 0. The van der Waals surface area contributed by atoms with Crippen molar-refractivity contribution < 1.29 is 19.1 Å². The van der Waals surface area contributed by atoms with Crippen LogP contribution in [0.2, 0.25) is 0 Å². The van der Waals surface area contributed by atoms with Crippen molar-refractivity contribution in [1.82, 2.24) is 19.9 Å². The zero-order valence-electron chi connectivity index (χ0n) is 19.7. The maximum Gasteiger partial charge on any atom is 0.422 e. The molecule has 3 aromatic heterocycles. The summed E-state index contributed by atoms with van der Waals surface area (Å²) in [7, 11) is 2.10. The van der Waals surface area contributed by atoms with E-state index < -0.39 is 11.7 Å². The van der Waals surface area contributed by atoms with Gasteiger partial charge in [-0.1, -0.05) is 6.08 Å². The molecule has 0 spiro atoms. The van der Waals surface area contributed by atoms with Gasteiger partial charge < -0.3 is 14.4 Å². The van der Waals surface area contributed by atoms with Crippen molar-refractivity contribution in [2.24, 2.45) is 0 Å². The van der Waals surface area contributed by atoms with Crippen molar-refractivity contribution in [2.45, 2.75) is 32.8 Å². The predicted molar refractivity (Wildman–Crippen MR) is 129 cm³/mol. The molecule has 0 fully saturated rings. The Morgan fingerprint density at radius 3 is 2.62 bits per heavy atom. The van der Waals surface area contributed by atoms with E-state index in [4.69, 9.17) is 9.47 Å². The van der Waals surface area contributed by atoms with Crippen LogP contribution in [-0.4, -0.2) is 58.1 Å². The average Bonchev–Trinajstić information content (AvgIpc) is 2.80. The summed E-state index contributed by atoms with van der Waals surface area (Å²) in [5, 5.41) is 0.833. The van der Waals surface area contributed by atoms with E-state index in [1.54, 1.807) is 45.3 Å². The number of ether oxygens (including phenoxy) is 2. The molecule has 0 radical (unpaired) electrons. The first-order valence-corrected chi connectivity index (χ1v) is 11.0. The highest BCUT2D eigenvalue weighted by Crippen LogP contribution is 2.31. The zero-order chi connectivity index (χ0) is 24.3. The molecule has 9 nitrogen and oxygen atoms in total. The summed E-state index contributed by atoms with van der Waals surface area (Å²) in [6.45, 7) is 7.05. The van der Waals surface area contributed by atoms with Crippen LogP contribution in [0.4, 0.5) is 10.6 Å². The summed E-state index contributed by atoms with van der Waals surface area (Å²) in [6.07, 6.45) is 7.56. The Kier molecular flexibility index (Phi) is 6.56. The number of likely N-dealkylation sites (N-methyl/N-ethyl adjacent to an activating group) is 1. The molecule has 9 heteroatoms. The minimum absolute atomic E-state index is 0.136. The molecule has 0 N–H and O–H groups in total. The minimum Gasteiger partial charge on any atom is -0.455 e. The number of imide groups is 1. The summed E-state index contributed by atoms with van der Waals surface area (Å²) < 4.78 is 11.3. The van der Waals surface area contributed by atoms with Crippen LogP contribution in [0.15, 0.2) is 48.9 Å². The van der Waals surface area contributed by atoms with Crippen LogP contribution in [0, 0.1) is 0 Å². The van der Waals surface area contributed by atoms with Gasteiger partial charge in [0.25, 0.3) is 0 Å². The van der Waals surface area contributed by atoms with Crippen LogP contribution >= 0.6 is 0 Å². The van der Waals surface area contributed by atoms with E-state index in [2.05, 4.69) is 33.0 Å². The molecular formula is C25H27N5O4. The number of aromatic nitrogens is 3. The van der Waals surface area contributed by atoms with Gasteiger partial charge in [0.1, 0.15) is 22.9 Å². The second kappa shape index (κ2) is 9.56. The molecule has 0 saturated carbocycles. The number of carbonyl (C=O) groups is 2. The van der Waals surface area contributed by atoms with Gasteiger partial charge in [-0.05, 0) is 64.1 Å². The van der Waals surface area contributed by atoms with E-state index >= 15 is 0 Å².